The summed E-state index contributed by atoms with van der Waals surface area (Å²) in [5.41, 5.74) is 11.9. The normalized spacial score (nSPS) is 12.1. The van der Waals surface area contributed by atoms with Gasteiger partial charge < -0.3 is 9.97 Å². The maximum absolute atomic E-state index is 3.59. The Hall–Kier alpha value is -5.60. The zero-order valence-corrected chi connectivity index (χ0v) is 23.0. The number of nitrogens with one attached hydrogen (secondary N) is 2. The Morgan fingerprint density at radius 3 is 1.19 bits per heavy atom. The van der Waals surface area contributed by atoms with Gasteiger partial charge in [-0.3, -0.25) is 0 Å². The summed E-state index contributed by atoms with van der Waals surface area (Å²) in [7, 11) is 0. The van der Waals surface area contributed by atoms with Gasteiger partial charge >= 0.3 is 0 Å². The molecular weight excluding hydrogens is 508 g/mol. The Morgan fingerprint density at radius 2 is 0.738 bits per heavy atom. The van der Waals surface area contributed by atoms with Gasteiger partial charge in [-0.15, -0.1) is 0 Å². The Balaban J connectivity index is 1.00. The molecule has 0 amide bonds. The molecule has 6 aromatic carbocycles. The van der Waals surface area contributed by atoms with Crippen molar-refractivity contribution < 1.29 is 0 Å². The highest BCUT2D eigenvalue weighted by atomic mass is 14.7. The van der Waals surface area contributed by atoms with Crippen LogP contribution in [-0.2, 0) is 0 Å². The predicted molar refractivity (Wildman–Crippen MR) is 181 cm³/mol. The van der Waals surface area contributed by atoms with Gasteiger partial charge in [0.05, 0.1) is 11.0 Å². The third-order valence-electron chi connectivity index (χ3n) is 8.21. The summed E-state index contributed by atoms with van der Waals surface area (Å²) in [6, 6.07) is 47.5. The first-order chi connectivity index (χ1) is 20.8. The summed E-state index contributed by atoms with van der Waals surface area (Å²) >= 11 is 0. The van der Waals surface area contributed by atoms with Gasteiger partial charge in [-0.25, -0.2) is 0 Å². The van der Waals surface area contributed by atoms with E-state index in [0.717, 1.165) is 0 Å². The molecule has 42 heavy (non-hydrogen) atoms. The predicted octanol–water partition coefficient (Wildman–Crippen LogP) is 11.0. The van der Waals surface area contributed by atoms with Gasteiger partial charge in [0.2, 0.25) is 0 Å². The summed E-state index contributed by atoms with van der Waals surface area (Å²) in [5, 5.41) is 5.05. The molecule has 0 saturated carbocycles. The lowest BCUT2D eigenvalue weighted by atomic mass is 10.0. The average molecular weight is 537 g/mol. The second kappa shape index (κ2) is 10.1. The maximum atomic E-state index is 3.59. The van der Waals surface area contributed by atoms with Gasteiger partial charge in [0, 0.05) is 32.6 Å². The fraction of sp³-hybridized carbons (Fsp3) is 0. The van der Waals surface area contributed by atoms with Crippen molar-refractivity contribution in [1.82, 2.24) is 9.97 Å². The average Bonchev–Trinajstić information content (AvgIpc) is 3.63. The van der Waals surface area contributed by atoms with E-state index in [2.05, 4.69) is 168 Å². The van der Waals surface area contributed by atoms with Crippen molar-refractivity contribution in [1.29, 1.82) is 0 Å². The largest absolute Gasteiger partial charge is 0.354 e. The molecule has 0 saturated heterocycles. The van der Waals surface area contributed by atoms with Crippen molar-refractivity contribution in [2.45, 2.75) is 0 Å². The number of hydrogen-bond acceptors (Lipinski definition) is 0. The van der Waals surface area contributed by atoms with Crippen LogP contribution in [-0.4, -0.2) is 9.97 Å². The minimum absolute atomic E-state index is 1.17. The first-order valence-corrected chi connectivity index (χ1v) is 14.4. The molecule has 0 aliphatic rings. The minimum Gasteiger partial charge on any atom is -0.354 e. The zero-order valence-electron chi connectivity index (χ0n) is 23.0. The first kappa shape index (κ1) is 24.2. The Bertz CT molecular complexity index is 2110. The number of fused-ring (bicyclic) bond motifs is 6. The lowest BCUT2D eigenvalue weighted by molar-refractivity contribution is 1.53. The second-order valence-electron chi connectivity index (χ2n) is 10.8. The highest BCUT2D eigenvalue weighted by Gasteiger charge is 2.07. The van der Waals surface area contributed by atoms with Crippen molar-refractivity contribution in [3.8, 4) is 11.1 Å². The van der Waals surface area contributed by atoms with E-state index in [1.165, 1.54) is 77.0 Å². The molecule has 2 heteroatoms. The van der Waals surface area contributed by atoms with E-state index in [-0.39, 0.29) is 0 Å². The van der Waals surface area contributed by atoms with E-state index in [9.17, 15) is 0 Å². The van der Waals surface area contributed by atoms with Crippen molar-refractivity contribution >= 4 is 67.9 Å². The lowest BCUT2D eigenvalue weighted by Gasteiger charge is -2.04. The smallest absolute Gasteiger partial charge is 0.0538 e. The van der Waals surface area contributed by atoms with Crippen molar-refractivity contribution in [2.24, 2.45) is 0 Å². The third-order valence-corrected chi connectivity index (χ3v) is 8.21. The molecule has 2 aromatic heterocycles. The molecule has 0 spiro atoms. The van der Waals surface area contributed by atoms with Gasteiger partial charge in [-0.1, -0.05) is 146 Å². The minimum atomic E-state index is 1.17. The molecule has 2 N–H and O–H groups in total. The lowest BCUT2D eigenvalue weighted by Crippen LogP contribution is -1.81. The molecular formula is C40H28N2. The van der Waals surface area contributed by atoms with Gasteiger partial charge in [-0.05, 0) is 45.5 Å². The van der Waals surface area contributed by atoms with E-state index in [1.54, 1.807) is 0 Å². The number of rotatable bonds is 5. The maximum Gasteiger partial charge on any atom is 0.0538 e. The standard InChI is InChI=1S/C40H28N2/c1-3-13-37-33(9-1)35-11-5-7-31(39(35)41-37)25-19-27-15-21-29(22-16-27)30-23-17-28(18-24-30)20-26-32-8-6-12-36-34-10-2-4-14-38(34)42-40(32)36/h1-26,41-42H. The highest BCUT2D eigenvalue weighted by molar-refractivity contribution is 6.11. The van der Waals surface area contributed by atoms with E-state index >= 15 is 0 Å². The van der Waals surface area contributed by atoms with E-state index in [0.29, 0.717) is 0 Å². The molecule has 0 aliphatic carbocycles. The van der Waals surface area contributed by atoms with Crippen LogP contribution >= 0.6 is 0 Å². The molecule has 0 radical (unpaired) electrons. The Labute approximate surface area is 244 Å². The zero-order chi connectivity index (χ0) is 27.9. The summed E-state index contributed by atoms with van der Waals surface area (Å²) in [5.74, 6) is 0. The monoisotopic (exact) mass is 536 g/mol. The van der Waals surface area contributed by atoms with E-state index < -0.39 is 0 Å². The van der Waals surface area contributed by atoms with Crippen LogP contribution in [0.25, 0.3) is 79.0 Å². The number of benzene rings is 6. The summed E-state index contributed by atoms with van der Waals surface area (Å²) in [6.45, 7) is 0. The van der Waals surface area contributed by atoms with Crippen molar-refractivity contribution in [3.63, 3.8) is 0 Å². The summed E-state index contributed by atoms with van der Waals surface area (Å²) in [4.78, 5) is 7.18. The van der Waals surface area contributed by atoms with Crippen molar-refractivity contribution in [2.75, 3.05) is 0 Å². The molecule has 0 atom stereocenters. The summed E-state index contributed by atoms with van der Waals surface area (Å²) in [6.07, 6.45) is 8.77. The number of hydrogen-bond donors (Lipinski definition) is 2. The number of H-pyrrole nitrogens is 2. The Morgan fingerprint density at radius 1 is 0.333 bits per heavy atom. The molecule has 0 fully saturated rings. The molecule has 198 valence electrons. The van der Waals surface area contributed by atoms with E-state index in [1.807, 2.05) is 0 Å². The van der Waals surface area contributed by atoms with Crippen LogP contribution in [0, 0.1) is 0 Å². The van der Waals surface area contributed by atoms with E-state index in [4.69, 9.17) is 0 Å². The van der Waals surface area contributed by atoms with Crippen LogP contribution < -0.4 is 0 Å². The Kier molecular flexibility index (Phi) is 5.82. The fourth-order valence-corrected chi connectivity index (χ4v) is 6.01. The number of aromatic amines is 2. The van der Waals surface area contributed by atoms with Crippen LogP contribution in [0.4, 0.5) is 0 Å². The molecule has 8 rings (SSSR count). The quantitative estimate of drug-likeness (QED) is 0.205. The van der Waals surface area contributed by atoms with Crippen LogP contribution in [0.2, 0.25) is 0 Å². The van der Waals surface area contributed by atoms with Gasteiger partial charge in [0.15, 0.2) is 0 Å². The fourth-order valence-electron chi connectivity index (χ4n) is 6.01. The van der Waals surface area contributed by atoms with Crippen LogP contribution in [0.3, 0.4) is 0 Å². The van der Waals surface area contributed by atoms with Gasteiger partial charge in [0.1, 0.15) is 0 Å². The van der Waals surface area contributed by atoms with Crippen molar-refractivity contribution in [3.05, 3.63) is 156 Å². The van der Waals surface area contributed by atoms with Crippen LogP contribution in [0.1, 0.15) is 22.3 Å². The van der Waals surface area contributed by atoms with Gasteiger partial charge in [0.25, 0.3) is 0 Å². The number of aromatic nitrogens is 2. The van der Waals surface area contributed by atoms with Crippen LogP contribution in [0.5, 0.6) is 0 Å². The number of para-hydroxylation sites is 4. The molecule has 8 aromatic rings. The molecule has 2 heterocycles. The molecule has 0 aliphatic heterocycles. The molecule has 0 unspecified atom stereocenters. The highest BCUT2D eigenvalue weighted by Crippen LogP contribution is 2.30. The SMILES string of the molecule is C(=Cc1cccc2c1[nH]c1ccccc12)c1ccc(-c2ccc(C=Cc3cccc4c3[nH]c3ccccc34)cc2)cc1. The first-order valence-electron chi connectivity index (χ1n) is 14.4. The topological polar surface area (TPSA) is 31.6 Å². The van der Waals surface area contributed by atoms with Gasteiger partial charge in [-0.2, -0.15) is 0 Å². The van der Waals surface area contributed by atoms with Crippen LogP contribution in [0.15, 0.2) is 133 Å². The molecule has 0 bridgehead atoms. The summed E-state index contributed by atoms with van der Waals surface area (Å²) < 4.78 is 0. The third kappa shape index (κ3) is 4.31. The second-order valence-corrected chi connectivity index (χ2v) is 10.8. The molecule has 2 nitrogen and oxygen atoms in total.